The summed E-state index contributed by atoms with van der Waals surface area (Å²) in [6.07, 6.45) is 6.25. The van der Waals surface area contributed by atoms with Crippen molar-refractivity contribution in [1.29, 1.82) is 0 Å². The maximum atomic E-state index is 12.9. The quantitative estimate of drug-likeness (QED) is 0.841. The third-order valence-corrected chi connectivity index (χ3v) is 4.68. The largest absolute Gasteiger partial charge is 0.332 e. The highest BCUT2D eigenvalue weighted by Crippen LogP contribution is 2.32. The molecule has 1 aliphatic carbocycles. The van der Waals surface area contributed by atoms with E-state index in [1.54, 1.807) is 0 Å². The lowest BCUT2D eigenvalue weighted by Crippen LogP contribution is -2.69. The number of hydrogen-bond donors (Lipinski definition) is 1. The van der Waals surface area contributed by atoms with Gasteiger partial charge in [-0.2, -0.15) is 0 Å². The smallest absolute Gasteiger partial charge is 0.241 e. The number of nitrogens with one attached hydrogen (secondary N) is 1. The standard InChI is InChI=1S/C15H29N3O/c1-15(2)11-17(4)13(10-16-3)14(19)18(15)12-8-6-5-7-9-12/h12-13,16H,5-11H2,1-4H3. The molecule has 2 aliphatic rings. The van der Waals surface area contributed by atoms with Crippen molar-refractivity contribution in [1.82, 2.24) is 15.1 Å². The highest BCUT2D eigenvalue weighted by atomic mass is 16.2. The van der Waals surface area contributed by atoms with Crippen molar-refractivity contribution in [3.63, 3.8) is 0 Å². The Morgan fingerprint density at radius 2 is 1.89 bits per heavy atom. The van der Waals surface area contributed by atoms with Gasteiger partial charge in [0.2, 0.25) is 5.91 Å². The number of carbonyl (C=O) groups excluding carboxylic acids is 1. The van der Waals surface area contributed by atoms with E-state index in [0.29, 0.717) is 11.9 Å². The maximum absolute atomic E-state index is 12.9. The van der Waals surface area contributed by atoms with Crippen LogP contribution in [0.2, 0.25) is 0 Å². The minimum atomic E-state index is -0.0436. The second-order valence-electron chi connectivity index (χ2n) is 6.80. The number of nitrogens with zero attached hydrogens (tertiary/aromatic N) is 2. The Hall–Kier alpha value is -0.610. The summed E-state index contributed by atoms with van der Waals surface area (Å²) < 4.78 is 0. The lowest BCUT2D eigenvalue weighted by atomic mass is 9.87. The molecule has 0 bridgehead atoms. The normalized spacial score (nSPS) is 29.8. The number of amides is 1. The van der Waals surface area contributed by atoms with Crippen LogP contribution in [0.25, 0.3) is 0 Å². The minimum absolute atomic E-state index is 0.0000449. The molecule has 1 unspecified atom stereocenters. The second-order valence-corrected chi connectivity index (χ2v) is 6.80. The van der Waals surface area contributed by atoms with Gasteiger partial charge in [0.1, 0.15) is 6.04 Å². The lowest BCUT2D eigenvalue weighted by molar-refractivity contribution is -0.155. The highest BCUT2D eigenvalue weighted by molar-refractivity contribution is 5.84. The molecule has 1 atom stereocenters. The molecule has 1 N–H and O–H groups in total. The average molecular weight is 267 g/mol. The first-order chi connectivity index (χ1) is 8.97. The van der Waals surface area contributed by atoms with Crippen molar-refractivity contribution in [3.8, 4) is 0 Å². The van der Waals surface area contributed by atoms with Gasteiger partial charge in [-0.1, -0.05) is 19.3 Å². The SMILES string of the molecule is CNCC1C(=O)N(C2CCCCC2)C(C)(C)CN1C. The van der Waals surface area contributed by atoms with Crippen LogP contribution in [0, 0.1) is 0 Å². The summed E-state index contributed by atoms with van der Waals surface area (Å²) in [5.41, 5.74) is -0.0436. The van der Waals surface area contributed by atoms with Crippen LogP contribution in [0.15, 0.2) is 0 Å². The minimum Gasteiger partial charge on any atom is -0.332 e. The van der Waals surface area contributed by atoms with Crippen LogP contribution in [0.1, 0.15) is 46.0 Å². The molecule has 1 amide bonds. The first kappa shape index (κ1) is 14.8. The molecular weight excluding hydrogens is 238 g/mol. The number of piperazine rings is 1. The zero-order valence-corrected chi connectivity index (χ0v) is 12.9. The van der Waals surface area contributed by atoms with Gasteiger partial charge in [-0.3, -0.25) is 9.69 Å². The van der Waals surface area contributed by atoms with Crippen LogP contribution in [0.3, 0.4) is 0 Å². The van der Waals surface area contributed by atoms with E-state index in [9.17, 15) is 4.79 Å². The molecule has 1 saturated heterocycles. The van der Waals surface area contributed by atoms with Crippen LogP contribution in [-0.2, 0) is 4.79 Å². The van der Waals surface area contributed by atoms with Gasteiger partial charge in [0, 0.05) is 19.1 Å². The molecule has 2 fully saturated rings. The number of carbonyl (C=O) groups is 1. The van der Waals surface area contributed by atoms with E-state index in [0.717, 1.165) is 13.1 Å². The molecule has 4 nitrogen and oxygen atoms in total. The van der Waals surface area contributed by atoms with E-state index >= 15 is 0 Å². The molecule has 19 heavy (non-hydrogen) atoms. The van der Waals surface area contributed by atoms with Crippen LogP contribution in [0.5, 0.6) is 0 Å². The van der Waals surface area contributed by atoms with E-state index in [4.69, 9.17) is 0 Å². The molecule has 0 aromatic heterocycles. The number of hydrogen-bond acceptors (Lipinski definition) is 3. The first-order valence-electron chi connectivity index (χ1n) is 7.65. The van der Waals surface area contributed by atoms with Gasteiger partial charge in [-0.05, 0) is 40.8 Å². The fourth-order valence-corrected chi connectivity index (χ4v) is 3.89. The van der Waals surface area contributed by atoms with Crippen LogP contribution >= 0.6 is 0 Å². The Morgan fingerprint density at radius 1 is 1.26 bits per heavy atom. The molecule has 0 spiro atoms. The van der Waals surface area contributed by atoms with Crippen molar-refractivity contribution in [3.05, 3.63) is 0 Å². The Labute approximate surface area is 117 Å². The summed E-state index contributed by atoms with van der Waals surface area (Å²) >= 11 is 0. The molecule has 4 heteroatoms. The number of likely N-dealkylation sites (N-methyl/N-ethyl adjacent to an activating group) is 2. The zero-order chi connectivity index (χ0) is 14.0. The van der Waals surface area contributed by atoms with E-state index in [1.807, 2.05) is 7.05 Å². The molecule has 110 valence electrons. The summed E-state index contributed by atoms with van der Waals surface area (Å²) in [5, 5.41) is 3.16. The van der Waals surface area contributed by atoms with Gasteiger partial charge in [0.05, 0.1) is 5.54 Å². The van der Waals surface area contributed by atoms with Gasteiger partial charge in [-0.25, -0.2) is 0 Å². The van der Waals surface area contributed by atoms with Crippen molar-refractivity contribution in [2.75, 3.05) is 27.2 Å². The van der Waals surface area contributed by atoms with Gasteiger partial charge in [-0.15, -0.1) is 0 Å². The predicted molar refractivity (Wildman–Crippen MR) is 78.1 cm³/mol. The van der Waals surface area contributed by atoms with E-state index in [-0.39, 0.29) is 11.6 Å². The molecule has 2 rings (SSSR count). The average Bonchev–Trinajstić information content (AvgIpc) is 2.34. The van der Waals surface area contributed by atoms with E-state index in [2.05, 4.69) is 36.0 Å². The van der Waals surface area contributed by atoms with E-state index in [1.165, 1.54) is 32.1 Å². The first-order valence-corrected chi connectivity index (χ1v) is 7.65. The van der Waals surface area contributed by atoms with Crippen molar-refractivity contribution < 1.29 is 4.79 Å². The van der Waals surface area contributed by atoms with Gasteiger partial charge in [0.25, 0.3) is 0 Å². The summed E-state index contributed by atoms with van der Waals surface area (Å²) in [6, 6.07) is 0.462. The van der Waals surface area contributed by atoms with Crippen LogP contribution in [0.4, 0.5) is 0 Å². The summed E-state index contributed by atoms with van der Waals surface area (Å²) in [5.74, 6) is 0.319. The second kappa shape index (κ2) is 5.80. The van der Waals surface area contributed by atoms with Crippen LogP contribution < -0.4 is 5.32 Å². The molecule has 0 radical (unpaired) electrons. The Bertz CT molecular complexity index is 323. The third-order valence-electron chi connectivity index (χ3n) is 4.68. The molecule has 1 aliphatic heterocycles. The molecule has 1 saturated carbocycles. The van der Waals surface area contributed by atoms with Crippen molar-refractivity contribution >= 4 is 5.91 Å². The fraction of sp³-hybridized carbons (Fsp3) is 0.933. The highest BCUT2D eigenvalue weighted by Gasteiger charge is 2.45. The summed E-state index contributed by atoms with van der Waals surface area (Å²) in [4.78, 5) is 17.3. The maximum Gasteiger partial charge on any atom is 0.241 e. The topological polar surface area (TPSA) is 35.6 Å². The predicted octanol–water partition coefficient (Wildman–Crippen LogP) is 1.46. The van der Waals surface area contributed by atoms with E-state index < -0.39 is 0 Å². The van der Waals surface area contributed by atoms with Crippen molar-refractivity contribution in [2.45, 2.75) is 63.6 Å². The zero-order valence-electron chi connectivity index (χ0n) is 12.9. The monoisotopic (exact) mass is 267 g/mol. The van der Waals surface area contributed by atoms with Gasteiger partial charge < -0.3 is 10.2 Å². The summed E-state index contributed by atoms with van der Waals surface area (Å²) in [7, 11) is 3.99. The molecule has 0 aromatic rings. The third kappa shape index (κ3) is 2.95. The Morgan fingerprint density at radius 3 is 2.47 bits per heavy atom. The fourth-order valence-electron chi connectivity index (χ4n) is 3.89. The lowest BCUT2D eigenvalue weighted by Gasteiger charge is -2.53. The molecular formula is C15H29N3O. The number of rotatable bonds is 3. The van der Waals surface area contributed by atoms with Gasteiger partial charge >= 0.3 is 0 Å². The molecule has 1 heterocycles. The summed E-state index contributed by atoms with van der Waals surface area (Å²) in [6.45, 7) is 6.13. The Kier molecular flexibility index (Phi) is 4.51. The van der Waals surface area contributed by atoms with Gasteiger partial charge in [0.15, 0.2) is 0 Å². The van der Waals surface area contributed by atoms with Crippen LogP contribution in [-0.4, -0.2) is 60.5 Å². The molecule has 0 aromatic carbocycles. The van der Waals surface area contributed by atoms with Crippen molar-refractivity contribution in [2.24, 2.45) is 0 Å². The Balaban J connectivity index is 2.19.